The first-order valence-electron chi connectivity index (χ1n) is 6.66. The smallest absolute Gasteiger partial charge is 0.126 e. The van der Waals surface area contributed by atoms with E-state index in [0.29, 0.717) is 12.4 Å². The van der Waals surface area contributed by atoms with Crippen molar-refractivity contribution in [2.24, 2.45) is 0 Å². The van der Waals surface area contributed by atoms with Crippen molar-refractivity contribution in [1.29, 1.82) is 0 Å². The topological polar surface area (TPSA) is 24.5 Å². The Bertz CT molecular complexity index is 353. The van der Waals surface area contributed by atoms with Crippen LogP contribution in [0.4, 0.5) is 4.39 Å². The van der Waals surface area contributed by atoms with Crippen molar-refractivity contribution in [2.45, 2.75) is 12.8 Å². The second-order valence-electron chi connectivity index (χ2n) is 4.60. The first-order chi connectivity index (χ1) is 8.84. The molecule has 1 aliphatic rings. The minimum atomic E-state index is -0.242. The highest BCUT2D eigenvalue weighted by Crippen LogP contribution is 2.12. The van der Waals surface area contributed by atoms with Crippen molar-refractivity contribution in [2.75, 3.05) is 39.3 Å². The molecule has 1 aromatic rings. The molecule has 1 aromatic carbocycles. The average Bonchev–Trinajstić information content (AvgIpc) is 2.40. The standard InChI is InChI=1S/C14H21FN2O/c15-13-4-3-5-14(12-13)18-11-2-1-8-17-9-6-16-7-10-17/h3-5,12,16H,1-2,6-11H2. The second kappa shape index (κ2) is 7.34. The highest BCUT2D eigenvalue weighted by Gasteiger charge is 2.08. The Morgan fingerprint density at radius 3 is 2.83 bits per heavy atom. The number of nitrogens with zero attached hydrogens (tertiary/aromatic N) is 1. The molecule has 0 saturated carbocycles. The van der Waals surface area contributed by atoms with E-state index < -0.39 is 0 Å². The number of ether oxygens (including phenoxy) is 1. The molecule has 1 N–H and O–H groups in total. The summed E-state index contributed by atoms with van der Waals surface area (Å²) in [5, 5.41) is 3.34. The van der Waals surface area contributed by atoms with Gasteiger partial charge in [-0.1, -0.05) is 6.07 Å². The van der Waals surface area contributed by atoms with Crippen LogP contribution >= 0.6 is 0 Å². The zero-order chi connectivity index (χ0) is 12.6. The molecule has 4 heteroatoms. The third kappa shape index (κ3) is 4.63. The van der Waals surface area contributed by atoms with E-state index in [0.717, 1.165) is 45.6 Å². The minimum Gasteiger partial charge on any atom is -0.493 e. The molecule has 0 radical (unpaired) electrons. The molecular formula is C14H21FN2O. The van der Waals surface area contributed by atoms with Crippen molar-refractivity contribution in [3.63, 3.8) is 0 Å². The van der Waals surface area contributed by atoms with Gasteiger partial charge in [-0.3, -0.25) is 0 Å². The summed E-state index contributed by atoms with van der Waals surface area (Å²) in [6, 6.07) is 6.32. The van der Waals surface area contributed by atoms with Crippen LogP contribution in [0.2, 0.25) is 0 Å². The molecule has 1 aliphatic heterocycles. The van der Waals surface area contributed by atoms with Gasteiger partial charge >= 0.3 is 0 Å². The maximum Gasteiger partial charge on any atom is 0.126 e. The quantitative estimate of drug-likeness (QED) is 0.783. The number of nitrogens with one attached hydrogen (secondary N) is 1. The lowest BCUT2D eigenvalue weighted by Crippen LogP contribution is -2.43. The van der Waals surface area contributed by atoms with E-state index in [-0.39, 0.29) is 5.82 Å². The first-order valence-corrected chi connectivity index (χ1v) is 6.66. The molecule has 1 heterocycles. The minimum absolute atomic E-state index is 0.242. The molecule has 0 aliphatic carbocycles. The molecule has 3 nitrogen and oxygen atoms in total. The lowest BCUT2D eigenvalue weighted by molar-refractivity contribution is 0.226. The molecule has 0 spiro atoms. The Labute approximate surface area is 108 Å². The van der Waals surface area contributed by atoms with Crippen molar-refractivity contribution in [3.05, 3.63) is 30.1 Å². The molecule has 0 amide bonds. The molecule has 0 atom stereocenters. The normalized spacial score (nSPS) is 16.7. The van der Waals surface area contributed by atoms with Crippen molar-refractivity contribution < 1.29 is 9.13 Å². The van der Waals surface area contributed by atoms with Gasteiger partial charge in [-0.15, -0.1) is 0 Å². The number of hydrogen-bond acceptors (Lipinski definition) is 3. The highest BCUT2D eigenvalue weighted by atomic mass is 19.1. The molecular weight excluding hydrogens is 231 g/mol. The van der Waals surface area contributed by atoms with Gasteiger partial charge in [-0.25, -0.2) is 4.39 Å². The van der Waals surface area contributed by atoms with Crippen LogP contribution < -0.4 is 10.1 Å². The number of halogens is 1. The van der Waals surface area contributed by atoms with Gasteiger partial charge in [0, 0.05) is 32.2 Å². The third-order valence-corrected chi connectivity index (χ3v) is 3.14. The average molecular weight is 252 g/mol. The summed E-state index contributed by atoms with van der Waals surface area (Å²) in [6.07, 6.45) is 2.15. The Morgan fingerprint density at radius 1 is 1.22 bits per heavy atom. The third-order valence-electron chi connectivity index (χ3n) is 3.14. The van der Waals surface area contributed by atoms with Crippen LogP contribution in [-0.4, -0.2) is 44.2 Å². The SMILES string of the molecule is Fc1cccc(OCCCCN2CCNCC2)c1. The summed E-state index contributed by atoms with van der Waals surface area (Å²) in [5.74, 6) is 0.380. The number of hydrogen-bond donors (Lipinski definition) is 1. The van der Waals surface area contributed by atoms with E-state index >= 15 is 0 Å². The van der Waals surface area contributed by atoms with E-state index in [1.54, 1.807) is 12.1 Å². The Balaban J connectivity index is 1.55. The van der Waals surface area contributed by atoms with Crippen molar-refractivity contribution in [1.82, 2.24) is 10.2 Å². The van der Waals surface area contributed by atoms with Gasteiger partial charge in [-0.2, -0.15) is 0 Å². The van der Waals surface area contributed by atoms with Gasteiger partial charge in [0.05, 0.1) is 6.61 Å². The summed E-state index contributed by atoms with van der Waals surface area (Å²) in [6.45, 7) is 6.28. The van der Waals surface area contributed by atoms with Crippen molar-refractivity contribution >= 4 is 0 Å². The van der Waals surface area contributed by atoms with E-state index in [4.69, 9.17) is 4.74 Å². The predicted molar refractivity (Wildman–Crippen MR) is 70.4 cm³/mol. The zero-order valence-electron chi connectivity index (χ0n) is 10.7. The maximum absolute atomic E-state index is 12.9. The summed E-state index contributed by atoms with van der Waals surface area (Å²) < 4.78 is 18.4. The molecule has 100 valence electrons. The molecule has 1 fully saturated rings. The monoisotopic (exact) mass is 252 g/mol. The number of unbranched alkanes of at least 4 members (excludes halogenated alkanes) is 1. The molecule has 2 rings (SSSR count). The van der Waals surface area contributed by atoms with Crippen LogP contribution in [0.25, 0.3) is 0 Å². The molecule has 0 aromatic heterocycles. The lowest BCUT2D eigenvalue weighted by atomic mass is 10.2. The van der Waals surface area contributed by atoms with E-state index in [2.05, 4.69) is 10.2 Å². The van der Waals surface area contributed by atoms with E-state index in [9.17, 15) is 4.39 Å². The fraction of sp³-hybridized carbons (Fsp3) is 0.571. The van der Waals surface area contributed by atoms with Crippen LogP contribution in [0, 0.1) is 5.82 Å². The summed E-state index contributed by atoms with van der Waals surface area (Å²) in [5.41, 5.74) is 0. The number of rotatable bonds is 6. The zero-order valence-corrected chi connectivity index (χ0v) is 10.7. The number of piperazine rings is 1. The Kier molecular flexibility index (Phi) is 5.42. The lowest BCUT2D eigenvalue weighted by Gasteiger charge is -2.26. The molecule has 0 unspecified atom stereocenters. The highest BCUT2D eigenvalue weighted by molar-refractivity contribution is 5.22. The van der Waals surface area contributed by atoms with Crippen LogP contribution in [0.1, 0.15) is 12.8 Å². The molecule has 1 saturated heterocycles. The summed E-state index contributed by atoms with van der Waals surface area (Å²) >= 11 is 0. The van der Waals surface area contributed by atoms with Crippen LogP contribution in [0.5, 0.6) is 5.75 Å². The van der Waals surface area contributed by atoms with Crippen molar-refractivity contribution in [3.8, 4) is 5.75 Å². The predicted octanol–water partition coefficient (Wildman–Crippen LogP) is 1.89. The van der Waals surface area contributed by atoms with Gasteiger partial charge in [-0.05, 0) is 31.5 Å². The Hall–Kier alpha value is -1.13. The first kappa shape index (κ1) is 13.3. The van der Waals surface area contributed by atoms with Gasteiger partial charge in [0.2, 0.25) is 0 Å². The van der Waals surface area contributed by atoms with Crippen LogP contribution in [-0.2, 0) is 0 Å². The van der Waals surface area contributed by atoms with Crippen LogP contribution in [0.3, 0.4) is 0 Å². The Morgan fingerprint density at radius 2 is 2.06 bits per heavy atom. The van der Waals surface area contributed by atoms with E-state index in [1.165, 1.54) is 12.1 Å². The van der Waals surface area contributed by atoms with Gasteiger partial charge < -0.3 is 15.0 Å². The number of benzene rings is 1. The fourth-order valence-electron chi connectivity index (χ4n) is 2.12. The second-order valence-corrected chi connectivity index (χ2v) is 4.60. The van der Waals surface area contributed by atoms with Gasteiger partial charge in [0.1, 0.15) is 11.6 Å². The largest absolute Gasteiger partial charge is 0.493 e. The summed E-state index contributed by atoms with van der Waals surface area (Å²) in [7, 11) is 0. The van der Waals surface area contributed by atoms with Gasteiger partial charge in [0.15, 0.2) is 0 Å². The fourth-order valence-corrected chi connectivity index (χ4v) is 2.12. The molecule has 18 heavy (non-hydrogen) atoms. The maximum atomic E-state index is 12.9. The molecule has 0 bridgehead atoms. The van der Waals surface area contributed by atoms with Gasteiger partial charge in [0.25, 0.3) is 0 Å². The van der Waals surface area contributed by atoms with Crippen LogP contribution in [0.15, 0.2) is 24.3 Å². The van der Waals surface area contributed by atoms with E-state index in [1.807, 2.05) is 0 Å². The summed E-state index contributed by atoms with van der Waals surface area (Å²) in [4.78, 5) is 2.47.